The van der Waals surface area contributed by atoms with Gasteiger partial charge in [-0.1, -0.05) is 0 Å². The second kappa shape index (κ2) is 18.1. The Morgan fingerprint density at radius 2 is 1.14 bits per heavy atom. The molecule has 0 aromatic heterocycles. The van der Waals surface area contributed by atoms with Crippen molar-refractivity contribution in [3.63, 3.8) is 0 Å². The third kappa shape index (κ3) is 8.27. The summed E-state index contributed by atoms with van der Waals surface area (Å²) in [4.78, 5) is 95.1. The van der Waals surface area contributed by atoms with E-state index in [2.05, 4.69) is 4.74 Å². The number of cyclic esters (lactones) is 2. The summed E-state index contributed by atoms with van der Waals surface area (Å²) in [7, 11) is 0.805. The van der Waals surface area contributed by atoms with Gasteiger partial charge in [-0.15, -0.1) is 0 Å². The summed E-state index contributed by atoms with van der Waals surface area (Å²) in [6.07, 6.45) is -16.3. The lowest BCUT2D eigenvalue weighted by molar-refractivity contribution is -0.288. The van der Waals surface area contributed by atoms with Gasteiger partial charge in [0.2, 0.25) is 29.6 Å². The summed E-state index contributed by atoms with van der Waals surface area (Å²) in [6.45, 7) is -1.34. The van der Waals surface area contributed by atoms with Crippen LogP contribution in [0.25, 0.3) is 11.1 Å². The quantitative estimate of drug-likeness (QED) is 0.0625. The summed E-state index contributed by atoms with van der Waals surface area (Å²) in [6, 6.07) is 2.42. The Labute approximate surface area is 386 Å². The van der Waals surface area contributed by atoms with Crippen molar-refractivity contribution in [3.05, 3.63) is 58.1 Å². The van der Waals surface area contributed by atoms with Crippen LogP contribution in [0.2, 0.25) is 0 Å². The molecule has 0 spiro atoms. The molecule has 4 aromatic rings. The maximum absolute atomic E-state index is 14.7. The van der Waals surface area contributed by atoms with Crippen LogP contribution >= 0.6 is 0 Å². The molecule has 0 radical (unpaired) electrons. The molecule has 0 saturated carbocycles. The Morgan fingerprint density at radius 1 is 0.643 bits per heavy atom. The van der Waals surface area contributed by atoms with Gasteiger partial charge in [-0.3, -0.25) is 9.59 Å². The molecule has 370 valence electrons. The molecule has 0 amide bonds. The van der Waals surface area contributed by atoms with E-state index in [9.17, 15) is 105 Å². The monoisotopic (exact) mass is 986 g/mol. The Balaban J connectivity index is 1.41. The van der Waals surface area contributed by atoms with Crippen molar-refractivity contribution in [2.45, 2.75) is 49.1 Å². The molecule has 8 unspecified atom stereocenters. The van der Waals surface area contributed by atoms with Crippen LogP contribution in [0.4, 0.5) is 0 Å². The number of esters is 6. The fourth-order valence-electron chi connectivity index (χ4n) is 7.86. The van der Waals surface area contributed by atoms with Gasteiger partial charge in [0.15, 0.2) is 70.1 Å². The fourth-order valence-corrected chi connectivity index (χ4v) is 7.86. The summed E-state index contributed by atoms with van der Waals surface area (Å²) >= 11 is 0. The number of carbonyl (C=O) groups excluding carboxylic acids is 6. The molecule has 3 aliphatic heterocycles. The molecular formula is C42H34O28. The van der Waals surface area contributed by atoms with E-state index in [-0.39, 0.29) is 0 Å². The minimum atomic E-state index is -2.67. The van der Waals surface area contributed by atoms with Crippen molar-refractivity contribution in [2.75, 3.05) is 13.7 Å². The number of aromatic hydroxyl groups is 12. The zero-order chi connectivity index (χ0) is 51.5. The van der Waals surface area contributed by atoms with E-state index < -0.39 is 211 Å². The number of phenolic OH excluding ortho intramolecular Hbond substituents is 12. The lowest BCUT2D eigenvalue weighted by Gasteiger charge is -2.43. The van der Waals surface area contributed by atoms with E-state index in [1.807, 2.05) is 0 Å². The summed E-state index contributed by atoms with van der Waals surface area (Å²) in [5.41, 5.74) is -6.96. The Kier molecular flexibility index (Phi) is 12.5. The first-order valence-corrected chi connectivity index (χ1v) is 19.6. The molecule has 70 heavy (non-hydrogen) atoms. The van der Waals surface area contributed by atoms with Crippen LogP contribution in [0.1, 0.15) is 59.3 Å². The number of carboxylic acid groups (broad SMARTS) is 1. The number of fused-ring (bicyclic) bond motifs is 6. The van der Waals surface area contributed by atoms with E-state index in [1.54, 1.807) is 0 Å². The zero-order valence-corrected chi connectivity index (χ0v) is 34.9. The van der Waals surface area contributed by atoms with Crippen LogP contribution in [0, 0.1) is 5.92 Å². The van der Waals surface area contributed by atoms with Crippen LogP contribution < -0.4 is 0 Å². The number of aliphatic hydroxyl groups is 1. The van der Waals surface area contributed by atoms with E-state index in [0.717, 1.165) is 7.11 Å². The molecule has 8 atom stereocenters. The number of carbonyl (C=O) groups is 7. The first-order chi connectivity index (χ1) is 32.9. The molecule has 1 fully saturated rings. The second-order valence-electron chi connectivity index (χ2n) is 15.3. The average Bonchev–Trinajstić information content (AvgIpc) is 3.31. The number of aliphatic hydroxyl groups excluding tert-OH is 1. The standard InChI is InChI=1S/C42H34O28/c1-64-20(48)7-13(24-23-12(6-18(47)28(52)31(23)55)39(61)68-34(24)36(57)58)41(63)67-33-19-8-65-38(60)10-4-16(45)26(50)29(53)21(10)22-11(5-17(46)27(51)30(22)54)40(62)69-35(33)32(56)42(66-19)70-37(59)9-2-14(43)25(49)15(44)3-9/h2-6,13,19,24,32-35,42-47,49-56H,7-8H2,1H3,(H,57,58). The number of phenols is 12. The highest BCUT2D eigenvalue weighted by atomic mass is 16.7. The van der Waals surface area contributed by atoms with Crippen molar-refractivity contribution >= 4 is 41.8 Å². The number of hydrogen-bond donors (Lipinski definition) is 14. The number of methoxy groups -OCH3 is 1. The van der Waals surface area contributed by atoms with Gasteiger partial charge in [0.05, 0.1) is 47.6 Å². The predicted octanol–water partition coefficient (Wildman–Crippen LogP) is -0.0421. The molecular weight excluding hydrogens is 952 g/mol. The van der Waals surface area contributed by atoms with Crippen molar-refractivity contribution in [1.82, 2.24) is 0 Å². The average molecular weight is 987 g/mol. The first-order valence-electron chi connectivity index (χ1n) is 19.6. The number of aliphatic carboxylic acids is 1. The Morgan fingerprint density at radius 3 is 1.69 bits per heavy atom. The lowest BCUT2D eigenvalue weighted by Crippen LogP contribution is -2.62. The predicted molar refractivity (Wildman–Crippen MR) is 214 cm³/mol. The molecule has 28 nitrogen and oxygen atoms in total. The van der Waals surface area contributed by atoms with Crippen LogP contribution in [0.3, 0.4) is 0 Å². The highest BCUT2D eigenvalue weighted by molar-refractivity contribution is 6.08. The molecule has 1 saturated heterocycles. The molecule has 2 bridgehead atoms. The van der Waals surface area contributed by atoms with Crippen LogP contribution in [0.5, 0.6) is 69.0 Å². The molecule has 14 N–H and O–H groups in total. The van der Waals surface area contributed by atoms with Crippen LogP contribution in [0.15, 0.2) is 30.3 Å². The molecule has 28 heteroatoms. The largest absolute Gasteiger partial charge is 0.504 e. The minimum Gasteiger partial charge on any atom is -0.504 e. The third-order valence-electron chi connectivity index (χ3n) is 11.2. The number of rotatable bonds is 8. The molecule has 7 rings (SSSR count). The van der Waals surface area contributed by atoms with Gasteiger partial charge in [0, 0.05) is 16.7 Å². The van der Waals surface area contributed by atoms with Gasteiger partial charge in [0.1, 0.15) is 12.7 Å². The maximum Gasteiger partial charge on any atom is 0.345 e. The molecule has 3 aliphatic rings. The highest BCUT2D eigenvalue weighted by Gasteiger charge is 2.56. The fraction of sp³-hybridized carbons (Fsp3) is 0.262. The molecule has 3 heterocycles. The van der Waals surface area contributed by atoms with Crippen molar-refractivity contribution in [3.8, 4) is 80.1 Å². The molecule has 4 aromatic carbocycles. The number of hydrogen-bond acceptors (Lipinski definition) is 27. The maximum atomic E-state index is 14.7. The van der Waals surface area contributed by atoms with E-state index in [4.69, 9.17) is 28.4 Å². The first kappa shape index (κ1) is 48.6. The van der Waals surface area contributed by atoms with E-state index in [0.29, 0.717) is 30.3 Å². The summed E-state index contributed by atoms with van der Waals surface area (Å²) < 4.78 is 37.2. The van der Waals surface area contributed by atoms with Crippen LogP contribution in [-0.2, 0) is 47.5 Å². The van der Waals surface area contributed by atoms with E-state index in [1.165, 1.54) is 0 Å². The van der Waals surface area contributed by atoms with Crippen LogP contribution in [-0.4, -0.2) is 164 Å². The Bertz CT molecular complexity index is 2900. The van der Waals surface area contributed by atoms with Crippen molar-refractivity contribution in [1.29, 1.82) is 0 Å². The molecule has 0 aliphatic carbocycles. The van der Waals surface area contributed by atoms with Gasteiger partial charge in [-0.2, -0.15) is 0 Å². The lowest BCUT2D eigenvalue weighted by atomic mass is 9.75. The highest BCUT2D eigenvalue weighted by Crippen LogP contribution is 2.54. The topological polar surface area (TPSA) is 467 Å². The SMILES string of the molecule is COC(=O)CC(C(=O)OC1C2COC(=O)c3cc(O)c(O)c(O)c3-c3c(cc(O)c(O)c3O)C(=O)OC1C(O)C(OC(=O)c1cc(O)c(O)c(O)c1)O2)C1c2c(cc(O)c(O)c2O)C(=O)OC1C(=O)O. The van der Waals surface area contributed by atoms with Crippen molar-refractivity contribution in [2.24, 2.45) is 5.92 Å². The minimum absolute atomic E-state index is 0.350. The summed E-state index contributed by atoms with van der Waals surface area (Å²) in [5.74, 6) is -32.0. The van der Waals surface area contributed by atoms with Gasteiger partial charge in [-0.25, -0.2) is 24.0 Å². The van der Waals surface area contributed by atoms with E-state index >= 15 is 0 Å². The zero-order valence-electron chi connectivity index (χ0n) is 34.9. The number of benzene rings is 4. The third-order valence-corrected chi connectivity index (χ3v) is 11.2. The van der Waals surface area contributed by atoms with Gasteiger partial charge >= 0.3 is 41.8 Å². The van der Waals surface area contributed by atoms with Crippen molar-refractivity contribution < 1.29 is 138 Å². The summed E-state index contributed by atoms with van der Waals surface area (Å²) in [5, 5.41) is 148. The van der Waals surface area contributed by atoms with Gasteiger partial charge < -0.3 is 105 Å². The van der Waals surface area contributed by atoms with Gasteiger partial charge in [-0.05, 0) is 30.3 Å². The smallest absolute Gasteiger partial charge is 0.345 e. The van der Waals surface area contributed by atoms with Gasteiger partial charge in [0.25, 0.3) is 0 Å². The normalized spacial score (nSPS) is 22.1. The second-order valence-corrected chi connectivity index (χ2v) is 15.3. The number of carboxylic acids is 1. The Hall–Kier alpha value is -9.31. The number of ether oxygens (including phenoxy) is 7.